The molecule has 4 nitrogen and oxygen atoms in total. The molecule has 0 saturated carbocycles. The van der Waals surface area contributed by atoms with Crippen molar-refractivity contribution in [3.8, 4) is 0 Å². The number of halogens is 2. The lowest BCUT2D eigenvalue weighted by Gasteiger charge is -2.19. The van der Waals surface area contributed by atoms with Crippen LogP contribution in [0.25, 0.3) is 0 Å². The van der Waals surface area contributed by atoms with Gasteiger partial charge in [-0.2, -0.15) is 0 Å². The van der Waals surface area contributed by atoms with E-state index >= 15 is 0 Å². The van der Waals surface area contributed by atoms with E-state index in [0.29, 0.717) is 0 Å². The van der Waals surface area contributed by atoms with Gasteiger partial charge in [0.2, 0.25) is 0 Å². The highest BCUT2D eigenvalue weighted by molar-refractivity contribution is 6.00. The molecule has 0 N–H and O–H groups in total. The van der Waals surface area contributed by atoms with Crippen LogP contribution in [-0.2, 0) is 25.7 Å². The molecule has 5 rings (SSSR count). The van der Waals surface area contributed by atoms with Crippen molar-refractivity contribution < 1.29 is 0 Å². The minimum Gasteiger partial charge on any atom is -0.355 e. The van der Waals surface area contributed by atoms with Gasteiger partial charge in [-0.15, -0.1) is 24.8 Å². The lowest BCUT2D eigenvalue weighted by Crippen LogP contribution is -2.28. The number of nitrogens with zero attached hydrogens (tertiary/aromatic N) is 4. The number of hydrogen-bond acceptors (Lipinski definition) is 4. The Labute approximate surface area is 259 Å². The Balaban J connectivity index is 0.00000231. The minimum absolute atomic E-state index is 0. The van der Waals surface area contributed by atoms with Crippen LogP contribution in [0.1, 0.15) is 63.9 Å². The van der Waals surface area contributed by atoms with E-state index in [4.69, 9.17) is 9.98 Å². The number of aliphatic imine (C=N–C) groups is 2. The molecule has 3 aromatic rings. The molecule has 3 aromatic carbocycles. The summed E-state index contributed by atoms with van der Waals surface area (Å²) < 4.78 is 0. The van der Waals surface area contributed by atoms with Crippen LogP contribution in [0.4, 0.5) is 0 Å². The lowest BCUT2D eigenvalue weighted by molar-refractivity contribution is 0.484. The van der Waals surface area contributed by atoms with Crippen LogP contribution >= 0.6 is 24.8 Å². The minimum atomic E-state index is 0. The monoisotopic (exact) mass is 592 g/mol. The molecule has 0 unspecified atom stereocenters. The number of amidine groups is 2. The van der Waals surface area contributed by atoms with Gasteiger partial charge in [-0.3, -0.25) is 9.98 Å². The van der Waals surface area contributed by atoms with E-state index in [1.165, 1.54) is 50.1 Å². The average Bonchev–Trinajstić information content (AvgIpc) is 3.61. The molecule has 41 heavy (non-hydrogen) atoms. The van der Waals surface area contributed by atoms with Crippen LogP contribution in [0.5, 0.6) is 0 Å². The van der Waals surface area contributed by atoms with Crippen molar-refractivity contribution in [1.82, 2.24) is 9.80 Å². The second-order valence-corrected chi connectivity index (χ2v) is 11.2. The van der Waals surface area contributed by atoms with Crippen LogP contribution in [0.15, 0.2) is 64.6 Å². The normalized spacial score (nSPS) is 14.5. The highest BCUT2D eigenvalue weighted by Crippen LogP contribution is 2.21. The van der Waals surface area contributed by atoms with Crippen LogP contribution in [0.3, 0.4) is 0 Å². The first kappa shape index (κ1) is 32.7. The highest BCUT2D eigenvalue weighted by atomic mass is 35.5. The quantitative estimate of drug-likeness (QED) is 0.249. The molecule has 2 aliphatic rings. The van der Waals surface area contributed by atoms with Gasteiger partial charge < -0.3 is 9.80 Å². The molecule has 0 fully saturated rings. The summed E-state index contributed by atoms with van der Waals surface area (Å²) in [5, 5.41) is 0. The van der Waals surface area contributed by atoms with Gasteiger partial charge >= 0.3 is 0 Å². The Morgan fingerprint density at radius 3 is 1.41 bits per heavy atom. The van der Waals surface area contributed by atoms with Crippen LogP contribution in [0, 0.1) is 20.8 Å². The van der Waals surface area contributed by atoms with Gasteiger partial charge in [0.25, 0.3) is 0 Å². The summed E-state index contributed by atoms with van der Waals surface area (Å²) in [5.41, 5.74) is 12.4. The molecule has 0 spiro atoms. The summed E-state index contributed by atoms with van der Waals surface area (Å²) in [5.74, 6) is 2.33. The Bertz CT molecular complexity index is 1290. The topological polar surface area (TPSA) is 31.2 Å². The summed E-state index contributed by atoms with van der Waals surface area (Å²) in [7, 11) is 0. The standard InChI is InChI=1S/C35H44N4.2ClH/c1-6-38-18-16-36-34(38)32-14-12-30(26(4)22-32)10-8-28-20-25(3)21-29(24-28)9-11-31-13-15-33(23-27(31)5)35-37-17-19-39(35)7-2;;/h12-15,20-24H,6-11,16-19H2,1-5H3;2*1H. The zero-order valence-corrected chi connectivity index (χ0v) is 27.0. The summed E-state index contributed by atoms with van der Waals surface area (Å²) in [6.45, 7) is 17.1. The van der Waals surface area contributed by atoms with E-state index < -0.39 is 0 Å². The molecule has 2 heterocycles. The fourth-order valence-electron chi connectivity index (χ4n) is 6.15. The smallest absolute Gasteiger partial charge is 0.131 e. The number of benzene rings is 3. The third-order valence-corrected chi connectivity index (χ3v) is 8.39. The second kappa shape index (κ2) is 14.9. The van der Waals surface area contributed by atoms with Crippen molar-refractivity contribution in [2.24, 2.45) is 9.98 Å². The van der Waals surface area contributed by atoms with Crippen molar-refractivity contribution >= 4 is 36.5 Å². The van der Waals surface area contributed by atoms with E-state index in [2.05, 4.69) is 99.0 Å². The molecule has 0 amide bonds. The Kier molecular flexibility index (Phi) is 11.9. The van der Waals surface area contributed by atoms with Gasteiger partial charge in [0.15, 0.2) is 0 Å². The molecule has 0 saturated heterocycles. The summed E-state index contributed by atoms with van der Waals surface area (Å²) in [6.07, 6.45) is 4.28. The lowest BCUT2D eigenvalue weighted by atomic mass is 9.94. The van der Waals surface area contributed by atoms with E-state index in [1.807, 2.05) is 0 Å². The number of rotatable bonds is 10. The Morgan fingerprint density at radius 2 is 1.02 bits per heavy atom. The van der Waals surface area contributed by atoms with Crippen LogP contribution in [-0.4, -0.2) is 60.7 Å². The van der Waals surface area contributed by atoms with Crippen molar-refractivity contribution in [1.29, 1.82) is 0 Å². The van der Waals surface area contributed by atoms with Crippen molar-refractivity contribution in [2.45, 2.75) is 60.3 Å². The molecule has 0 bridgehead atoms. The van der Waals surface area contributed by atoms with E-state index in [-0.39, 0.29) is 24.8 Å². The van der Waals surface area contributed by atoms with Gasteiger partial charge in [0, 0.05) is 37.3 Å². The number of likely N-dealkylation sites (N-methyl/N-ethyl adjacent to an activating group) is 2. The fraction of sp³-hybridized carbons (Fsp3) is 0.429. The zero-order valence-electron chi connectivity index (χ0n) is 25.4. The largest absolute Gasteiger partial charge is 0.355 e. The summed E-state index contributed by atoms with van der Waals surface area (Å²) in [6, 6.07) is 21.0. The SMILES string of the molecule is CCN1CCN=C1c1ccc(CCc2cc(C)cc(CCc3ccc(C4=NCCN4CC)cc3C)c2)c(C)c1.Cl.Cl. The van der Waals surface area contributed by atoms with Crippen LogP contribution in [0.2, 0.25) is 0 Å². The Hall–Kier alpha value is -2.82. The molecule has 2 aliphatic heterocycles. The molecule has 6 heteroatoms. The third-order valence-electron chi connectivity index (χ3n) is 8.39. The van der Waals surface area contributed by atoms with Gasteiger partial charge in [-0.1, -0.05) is 48.0 Å². The zero-order chi connectivity index (χ0) is 27.4. The molecule has 220 valence electrons. The van der Waals surface area contributed by atoms with E-state index in [9.17, 15) is 0 Å². The van der Waals surface area contributed by atoms with E-state index in [0.717, 1.165) is 76.6 Å². The van der Waals surface area contributed by atoms with Crippen molar-refractivity contribution in [3.05, 3.63) is 105 Å². The maximum atomic E-state index is 4.75. The Morgan fingerprint density at radius 1 is 0.585 bits per heavy atom. The maximum Gasteiger partial charge on any atom is 0.131 e. The first-order chi connectivity index (χ1) is 18.9. The number of aryl methyl sites for hydroxylation is 7. The first-order valence-corrected chi connectivity index (χ1v) is 14.8. The average molecular weight is 594 g/mol. The van der Waals surface area contributed by atoms with Gasteiger partial charge in [0.1, 0.15) is 11.7 Å². The van der Waals surface area contributed by atoms with E-state index in [1.54, 1.807) is 0 Å². The first-order valence-electron chi connectivity index (χ1n) is 14.8. The highest BCUT2D eigenvalue weighted by Gasteiger charge is 2.18. The molecule has 0 aliphatic carbocycles. The van der Waals surface area contributed by atoms with Gasteiger partial charge in [-0.05, 0) is 106 Å². The predicted molar refractivity (Wildman–Crippen MR) is 180 cm³/mol. The second-order valence-electron chi connectivity index (χ2n) is 11.2. The summed E-state index contributed by atoms with van der Waals surface area (Å²) in [4.78, 5) is 14.3. The van der Waals surface area contributed by atoms with Crippen molar-refractivity contribution in [3.63, 3.8) is 0 Å². The van der Waals surface area contributed by atoms with Crippen molar-refractivity contribution in [2.75, 3.05) is 39.3 Å². The molecule has 0 atom stereocenters. The molecule has 0 radical (unpaired) electrons. The molecule has 0 aromatic heterocycles. The van der Waals surface area contributed by atoms with Crippen LogP contribution < -0.4 is 0 Å². The maximum absolute atomic E-state index is 4.75. The third kappa shape index (κ3) is 7.72. The van der Waals surface area contributed by atoms with Gasteiger partial charge in [0.05, 0.1) is 13.1 Å². The predicted octanol–water partition coefficient (Wildman–Crippen LogP) is 7.19. The molecular formula is C35H46Cl2N4. The fourth-order valence-corrected chi connectivity index (χ4v) is 6.15. The summed E-state index contributed by atoms with van der Waals surface area (Å²) >= 11 is 0. The van der Waals surface area contributed by atoms with Gasteiger partial charge in [-0.25, -0.2) is 0 Å². The number of hydrogen-bond donors (Lipinski definition) is 0. The molecular weight excluding hydrogens is 547 g/mol.